The predicted octanol–water partition coefficient (Wildman–Crippen LogP) is 2.17. The van der Waals surface area contributed by atoms with Gasteiger partial charge in [0, 0.05) is 12.0 Å². The molecule has 3 heterocycles. The van der Waals surface area contributed by atoms with Crippen LogP contribution < -0.4 is 5.73 Å². The molecule has 134 valence electrons. The van der Waals surface area contributed by atoms with Crippen LogP contribution in [0.15, 0.2) is 12.3 Å². The molecule has 1 saturated heterocycles. The van der Waals surface area contributed by atoms with Crippen LogP contribution in [0.1, 0.15) is 56.7 Å². The number of anilines is 1. The molecule has 2 aliphatic rings. The van der Waals surface area contributed by atoms with E-state index in [1.807, 2.05) is 10.6 Å². The third-order valence-electron chi connectivity index (χ3n) is 5.32. The largest absolute Gasteiger partial charge is 0.391 e. The molecule has 1 aliphatic carbocycles. The number of aliphatic hydroxyl groups is 1. The van der Waals surface area contributed by atoms with Gasteiger partial charge in [-0.2, -0.15) is 5.26 Å². The van der Waals surface area contributed by atoms with E-state index in [0.29, 0.717) is 12.2 Å². The van der Waals surface area contributed by atoms with Crippen LogP contribution >= 0.6 is 0 Å². The average molecular weight is 343 g/mol. The van der Waals surface area contributed by atoms with Gasteiger partial charge in [-0.3, -0.25) is 0 Å². The van der Waals surface area contributed by atoms with Crippen LogP contribution in [-0.4, -0.2) is 39.0 Å². The van der Waals surface area contributed by atoms with Crippen molar-refractivity contribution >= 4 is 11.5 Å². The number of nitrogens with two attached hydrogens (primary N) is 1. The van der Waals surface area contributed by atoms with Gasteiger partial charge in [0.25, 0.3) is 0 Å². The minimum Gasteiger partial charge on any atom is -0.391 e. The minimum absolute atomic E-state index is 0.165. The van der Waals surface area contributed by atoms with Gasteiger partial charge in [0.15, 0.2) is 0 Å². The third kappa shape index (κ3) is 3.46. The highest BCUT2D eigenvalue weighted by molar-refractivity contribution is 5.62. The Labute approximate surface area is 147 Å². The number of hydrogen-bond donors (Lipinski definition) is 2. The van der Waals surface area contributed by atoms with E-state index in [1.54, 1.807) is 6.20 Å². The topological polar surface area (TPSA) is 109 Å². The van der Waals surface area contributed by atoms with Gasteiger partial charge in [0.05, 0.1) is 30.2 Å². The number of hydrogen-bond acceptors (Lipinski definition) is 6. The first-order valence-electron chi connectivity index (χ1n) is 8.90. The second-order valence-electron chi connectivity index (χ2n) is 6.83. The lowest BCUT2D eigenvalue weighted by atomic mass is 9.65. The monoisotopic (exact) mass is 343 g/mol. The summed E-state index contributed by atoms with van der Waals surface area (Å²) in [7, 11) is 0. The van der Waals surface area contributed by atoms with E-state index in [9.17, 15) is 5.26 Å². The van der Waals surface area contributed by atoms with Crippen LogP contribution in [0.3, 0.4) is 0 Å². The molecule has 25 heavy (non-hydrogen) atoms. The van der Waals surface area contributed by atoms with Crippen molar-refractivity contribution in [2.45, 2.75) is 57.0 Å². The molecule has 2 aromatic heterocycles. The molecule has 0 amide bonds. The van der Waals surface area contributed by atoms with Crippen LogP contribution in [0.5, 0.6) is 0 Å². The van der Waals surface area contributed by atoms with Gasteiger partial charge in [-0.15, -0.1) is 5.10 Å². The fraction of sp³-hybridized carbons (Fsp3) is 0.611. The van der Waals surface area contributed by atoms with Crippen LogP contribution in [0.4, 0.5) is 5.95 Å². The molecule has 2 aromatic rings. The van der Waals surface area contributed by atoms with Gasteiger partial charge in [0.2, 0.25) is 5.95 Å². The summed E-state index contributed by atoms with van der Waals surface area (Å²) in [6.45, 7) is 3.56. The second kappa shape index (κ2) is 7.38. The Bertz CT molecular complexity index is 764. The predicted molar refractivity (Wildman–Crippen MR) is 94.0 cm³/mol. The molecule has 1 atom stereocenters. The second-order valence-corrected chi connectivity index (χ2v) is 6.83. The van der Waals surface area contributed by atoms with Crippen LogP contribution in [0, 0.1) is 11.3 Å². The van der Waals surface area contributed by atoms with Gasteiger partial charge in [-0.1, -0.05) is 13.3 Å². The normalized spacial score (nSPS) is 21.7. The fourth-order valence-corrected chi connectivity index (χ4v) is 3.59. The highest BCUT2D eigenvalue weighted by Gasteiger charge is 2.40. The smallest absolute Gasteiger partial charge is 0.238 e. The summed E-state index contributed by atoms with van der Waals surface area (Å²) in [5.41, 5.74) is 8.32. The molecule has 0 radical (unpaired) electrons. The highest BCUT2D eigenvalue weighted by atomic mass is 16.5. The summed E-state index contributed by atoms with van der Waals surface area (Å²) in [6.07, 6.45) is 7.99. The number of ether oxygens (including phenoxy) is 1. The Hall–Kier alpha value is -2.17. The maximum atomic E-state index is 9.20. The van der Waals surface area contributed by atoms with Crippen LogP contribution in [-0.2, 0) is 10.2 Å². The van der Waals surface area contributed by atoms with Crippen LogP contribution in [0.25, 0.3) is 5.52 Å². The summed E-state index contributed by atoms with van der Waals surface area (Å²) in [4.78, 5) is 3.98. The lowest BCUT2D eigenvalue weighted by molar-refractivity contribution is -0.00535. The molecule has 0 spiro atoms. The lowest BCUT2D eigenvalue weighted by Crippen LogP contribution is -2.35. The Morgan fingerprint density at radius 1 is 1.48 bits per heavy atom. The number of nitriles is 1. The lowest BCUT2D eigenvalue weighted by Gasteiger charge is -2.40. The quantitative estimate of drug-likeness (QED) is 0.865. The Balaban J connectivity index is 0.000000219. The Morgan fingerprint density at radius 3 is 2.76 bits per heavy atom. The van der Waals surface area contributed by atoms with Crippen molar-refractivity contribution in [2.24, 2.45) is 0 Å². The molecule has 2 fully saturated rings. The van der Waals surface area contributed by atoms with E-state index < -0.39 is 0 Å². The van der Waals surface area contributed by atoms with Crippen molar-refractivity contribution < 1.29 is 9.84 Å². The van der Waals surface area contributed by atoms with Crippen molar-refractivity contribution in [1.82, 2.24) is 14.6 Å². The van der Waals surface area contributed by atoms with Crippen LogP contribution in [0.2, 0.25) is 0 Å². The third-order valence-corrected chi connectivity index (χ3v) is 5.32. The summed E-state index contributed by atoms with van der Waals surface area (Å²) < 4.78 is 6.74. The summed E-state index contributed by atoms with van der Waals surface area (Å²) in [5, 5.41) is 22.3. The number of fused-ring (bicyclic) bond motifs is 1. The molecular formula is C18H25N5O2. The molecule has 7 nitrogen and oxygen atoms in total. The van der Waals surface area contributed by atoms with E-state index in [-0.39, 0.29) is 17.5 Å². The van der Waals surface area contributed by atoms with E-state index in [4.69, 9.17) is 15.6 Å². The van der Waals surface area contributed by atoms with E-state index in [1.165, 1.54) is 6.42 Å². The zero-order valence-electron chi connectivity index (χ0n) is 14.6. The number of nitrogens with zero attached hydrogens (tertiary/aromatic N) is 4. The first kappa shape index (κ1) is 17.6. The Kier molecular flexibility index (Phi) is 5.21. The van der Waals surface area contributed by atoms with Gasteiger partial charge < -0.3 is 15.6 Å². The van der Waals surface area contributed by atoms with Crippen molar-refractivity contribution in [2.75, 3.05) is 18.9 Å². The number of aromatic nitrogens is 3. The first-order valence-corrected chi connectivity index (χ1v) is 8.90. The number of aliphatic hydroxyl groups excluding tert-OH is 1. The summed E-state index contributed by atoms with van der Waals surface area (Å²) >= 11 is 0. The maximum absolute atomic E-state index is 9.20. The molecule has 1 saturated carbocycles. The number of rotatable bonds is 2. The zero-order valence-corrected chi connectivity index (χ0v) is 14.6. The Morgan fingerprint density at radius 2 is 2.28 bits per heavy atom. The van der Waals surface area contributed by atoms with Crippen molar-refractivity contribution in [3.8, 4) is 6.07 Å². The molecule has 7 heteroatoms. The van der Waals surface area contributed by atoms with Crippen molar-refractivity contribution in [3.05, 3.63) is 23.5 Å². The highest BCUT2D eigenvalue weighted by Crippen LogP contribution is 2.46. The zero-order chi connectivity index (χ0) is 17.9. The van der Waals surface area contributed by atoms with Gasteiger partial charge in [-0.05, 0) is 38.2 Å². The van der Waals surface area contributed by atoms with E-state index in [2.05, 4.69) is 23.1 Å². The van der Waals surface area contributed by atoms with Crippen molar-refractivity contribution in [3.63, 3.8) is 0 Å². The molecule has 0 bridgehead atoms. The first-order chi connectivity index (χ1) is 12.1. The van der Waals surface area contributed by atoms with E-state index in [0.717, 1.165) is 49.9 Å². The van der Waals surface area contributed by atoms with Gasteiger partial charge in [0.1, 0.15) is 11.6 Å². The van der Waals surface area contributed by atoms with Crippen molar-refractivity contribution in [1.29, 1.82) is 5.26 Å². The molecule has 0 aromatic carbocycles. The number of nitrogen functional groups attached to an aromatic ring is 1. The fourth-order valence-electron chi connectivity index (χ4n) is 3.59. The molecule has 1 aliphatic heterocycles. The van der Waals surface area contributed by atoms with Gasteiger partial charge >= 0.3 is 0 Å². The standard InChI is InChI=1S/C13H15N5.C5H10O2/c1-2-13(4-3-5-13)11-6-9(7-14)10-8-16-12(15)17-18(10)11;6-5-2-1-3-7-4-5/h6,8H,2-5H2,1H3,(H2,15,17);5-6H,1-4H2. The molecular weight excluding hydrogens is 318 g/mol. The molecule has 3 N–H and O–H groups in total. The molecule has 1 unspecified atom stereocenters. The van der Waals surface area contributed by atoms with Gasteiger partial charge in [-0.25, -0.2) is 9.50 Å². The molecule has 4 rings (SSSR count). The summed E-state index contributed by atoms with van der Waals surface area (Å²) in [5.74, 6) is 0.245. The maximum Gasteiger partial charge on any atom is 0.238 e. The SMILES string of the molecule is CCC1(c2cc(C#N)c3cnc(N)nn23)CCC1.OC1CCCOC1. The average Bonchev–Trinajstić information content (AvgIpc) is 2.94. The summed E-state index contributed by atoms with van der Waals surface area (Å²) in [6, 6.07) is 4.16. The van der Waals surface area contributed by atoms with E-state index >= 15 is 0 Å². The minimum atomic E-state index is -0.186.